The summed E-state index contributed by atoms with van der Waals surface area (Å²) in [7, 11) is -9.91. The lowest BCUT2D eigenvalue weighted by atomic mass is 9.99. The number of aliphatic hydroxyl groups is 1. The first-order valence-corrected chi connectivity index (χ1v) is 38.2. The highest BCUT2D eigenvalue weighted by molar-refractivity contribution is 7.47. The summed E-state index contributed by atoms with van der Waals surface area (Å²) in [6.45, 7) is 11.7. The fraction of sp³-hybridized carbons (Fsp3) is 0.884. The minimum Gasteiger partial charge on any atom is -0.462 e. The molecule has 19 heteroatoms. The van der Waals surface area contributed by atoms with Gasteiger partial charge in [0.2, 0.25) is 0 Å². The molecule has 518 valence electrons. The smallest absolute Gasteiger partial charge is 0.462 e. The van der Waals surface area contributed by atoms with Crippen LogP contribution in [0.3, 0.4) is 0 Å². The van der Waals surface area contributed by atoms with E-state index in [1.807, 2.05) is 0 Å². The first kappa shape index (κ1) is 85.5. The Morgan fingerprint density at radius 3 is 1.01 bits per heavy atom. The number of phosphoric acid groups is 2. The van der Waals surface area contributed by atoms with Crippen molar-refractivity contribution in [2.45, 2.75) is 336 Å². The molecule has 0 aromatic heterocycles. The number of unbranched alkanes of at least 4 members (excludes halogenated alkanes) is 29. The van der Waals surface area contributed by atoms with E-state index in [4.69, 9.17) is 37.0 Å². The third-order valence-electron chi connectivity index (χ3n) is 15.6. The topological polar surface area (TPSA) is 237 Å². The molecular weight excluding hydrogens is 1160 g/mol. The fourth-order valence-electron chi connectivity index (χ4n) is 9.79. The number of hydrogen-bond donors (Lipinski definition) is 3. The molecule has 0 saturated carbocycles. The van der Waals surface area contributed by atoms with E-state index in [1.54, 1.807) is 0 Å². The maximum atomic E-state index is 13.0. The predicted molar refractivity (Wildman–Crippen MR) is 354 cm³/mol. The molecule has 4 unspecified atom stereocenters. The van der Waals surface area contributed by atoms with Crippen molar-refractivity contribution in [1.82, 2.24) is 0 Å². The highest BCUT2D eigenvalue weighted by Gasteiger charge is 2.30. The average Bonchev–Trinajstić information content (AvgIpc) is 3.70. The maximum Gasteiger partial charge on any atom is 0.472 e. The Labute approximate surface area is 535 Å². The fourth-order valence-corrected chi connectivity index (χ4v) is 11.4. The molecule has 88 heavy (non-hydrogen) atoms. The average molecular weight is 1290 g/mol. The van der Waals surface area contributed by atoms with E-state index in [1.165, 1.54) is 109 Å². The summed E-state index contributed by atoms with van der Waals surface area (Å²) in [6.07, 6.45) is 45.3. The van der Waals surface area contributed by atoms with Crippen molar-refractivity contribution in [2.24, 2.45) is 17.8 Å². The Morgan fingerprint density at radius 2 is 0.670 bits per heavy atom. The van der Waals surface area contributed by atoms with Gasteiger partial charge in [0, 0.05) is 25.7 Å². The Morgan fingerprint density at radius 1 is 0.375 bits per heavy atom. The quantitative estimate of drug-likeness (QED) is 0.0169. The van der Waals surface area contributed by atoms with Gasteiger partial charge in [0.1, 0.15) is 19.3 Å². The zero-order valence-corrected chi connectivity index (χ0v) is 58.5. The van der Waals surface area contributed by atoms with Crippen LogP contribution in [0, 0.1) is 17.8 Å². The number of allylic oxidation sites excluding steroid dienone is 4. The molecule has 0 spiro atoms. The summed E-state index contributed by atoms with van der Waals surface area (Å²) in [5.41, 5.74) is 0. The molecule has 0 aliphatic heterocycles. The van der Waals surface area contributed by atoms with Crippen LogP contribution in [-0.4, -0.2) is 96.7 Å². The van der Waals surface area contributed by atoms with Gasteiger partial charge in [-0.3, -0.25) is 37.3 Å². The monoisotopic (exact) mass is 1290 g/mol. The zero-order valence-electron chi connectivity index (χ0n) is 56.7. The van der Waals surface area contributed by atoms with E-state index in [0.717, 1.165) is 115 Å². The number of aliphatic hydroxyl groups excluding tert-OH is 1. The third-order valence-corrected chi connectivity index (χ3v) is 17.5. The minimum absolute atomic E-state index is 0.0836. The highest BCUT2D eigenvalue weighted by atomic mass is 31.2. The number of esters is 4. The SMILES string of the molecule is CCCCCC/C=C\C=C/CCCCCCCC(=O)O[C@H](COC(=O)CCCCCCCCCC(C)C)COP(=O)(O)OCC(O)COP(=O)(O)OC[C@@H](COC(=O)CCCCCCCCCCC(C)CC)OC(=O)CCCCCCCCCCC(C)C. The van der Waals surface area contributed by atoms with Crippen LogP contribution in [0.2, 0.25) is 0 Å². The molecule has 0 aliphatic carbocycles. The molecule has 0 aliphatic rings. The van der Waals surface area contributed by atoms with Gasteiger partial charge in [0.15, 0.2) is 12.2 Å². The number of ether oxygens (including phenoxy) is 4. The largest absolute Gasteiger partial charge is 0.472 e. The summed E-state index contributed by atoms with van der Waals surface area (Å²) in [6, 6.07) is 0. The van der Waals surface area contributed by atoms with Gasteiger partial charge in [-0.25, -0.2) is 9.13 Å². The van der Waals surface area contributed by atoms with Crippen LogP contribution in [0.5, 0.6) is 0 Å². The van der Waals surface area contributed by atoms with E-state index >= 15 is 0 Å². The van der Waals surface area contributed by atoms with E-state index in [0.29, 0.717) is 37.5 Å². The Hall–Kier alpha value is -2.46. The van der Waals surface area contributed by atoms with Gasteiger partial charge < -0.3 is 33.8 Å². The molecule has 3 N–H and O–H groups in total. The van der Waals surface area contributed by atoms with E-state index < -0.39 is 97.5 Å². The van der Waals surface area contributed by atoms with E-state index in [9.17, 15) is 43.2 Å². The van der Waals surface area contributed by atoms with Gasteiger partial charge in [-0.15, -0.1) is 0 Å². The number of carbonyl (C=O) groups is 4. The highest BCUT2D eigenvalue weighted by Crippen LogP contribution is 2.45. The Bertz CT molecular complexity index is 1830. The first-order chi connectivity index (χ1) is 42.3. The predicted octanol–water partition coefficient (Wildman–Crippen LogP) is 19.0. The third kappa shape index (κ3) is 61.1. The van der Waals surface area contributed by atoms with Crippen LogP contribution in [0.4, 0.5) is 0 Å². The number of carbonyl (C=O) groups excluding carboxylic acids is 4. The summed E-state index contributed by atoms with van der Waals surface area (Å²) < 4.78 is 68.2. The van der Waals surface area contributed by atoms with Crippen molar-refractivity contribution in [3.63, 3.8) is 0 Å². The van der Waals surface area contributed by atoms with Crippen molar-refractivity contribution < 1.29 is 80.2 Å². The molecule has 0 aromatic rings. The second-order valence-electron chi connectivity index (χ2n) is 25.4. The van der Waals surface area contributed by atoms with Gasteiger partial charge >= 0.3 is 39.5 Å². The van der Waals surface area contributed by atoms with Crippen LogP contribution in [-0.2, 0) is 65.4 Å². The summed E-state index contributed by atoms with van der Waals surface area (Å²) in [5, 5.41) is 10.6. The first-order valence-electron chi connectivity index (χ1n) is 35.2. The molecule has 0 amide bonds. The van der Waals surface area contributed by atoms with Gasteiger partial charge in [-0.2, -0.15) is 0 Å². The van der Waals surface area contributed by atoms with Gasteiger partial charge in [-0.1, -0.05) is 265 Å². The molecule has 0 saturated heterocycles. The van der Waals surface area contributed by atoms with Gasteiger partial charge in [0.05, 0.1) is 26.4 Å². The lowest BCUT2D eigenvalue weighted by molar-refractivity contribution is -0.161. The zero-order chi connectivity index (χ0) is 65.2. The van der Waals surface area contributed by atoms with Crippen LogP contribution in [0.15, 0.2) is 24.3 Å². The normalized spacial score (nSPS) is 14.7. The lowest BCUT2D eigenvalue weighted by Gasteiger charge is -2.21. The van der Waals surface area contributed by atoms with Crippen molar-refractivity contribution in [3.8, 4) is 0 Å². The maximum absolute atomic E-state index is 13.0. The van der Waals surface area contributed by atoms with Crippen molar-refractivity contribution in [1.29, 1.82) is 0 Å². The number of phosphoric ester groups is 2. The second-order valence-corrected chi connectivity index (χ2v) is 28.3. The lowest BCUT2D eigenvalue weighted by Crippen LogP contribution is -2.30. The molecule has 0 rings (SSSR count). The van der Waals surface area contributed by atoms with Crippen molar-refractivity contribution >= 4 is 39.5 Å². The van der Waals surface area contributed by atoms with Crippen LogP contribution in [0.25, 0.3) is 0 Å². The Balaban J connectivity index is 5.29. The second kappa shape index (κ2) is 59.5. The standard InChI is InChI=1S/C69H130O17P2/c1-8-10-11-12-13-14-15-16-17-18-19-20-30-38-45-52-68(73)85-65(57-80-67(72)51-44-37-32-25-27-34-41-48-61(5)6)59-84-88(77,78)82-55-63(70)54-81-87(75,76)83-58-64(86-69(74)53-46-39-31-23-21-26-33-40-47-60(3)4)56-79-66(71)50-43-36-29-24-22-28-35-42-49-62(7)9-2/h14-17,60-65,70H,8-13,18-59H2,1-7H3,(H,75,76)(H,77,78)/b15-14-,17-16-/t62?,63?,64-,65-/m1/s1. The number of hydrogen-bond acceptors (Lipinski definition) is 15. The molecule has 6 atom stereocenters. The molecule has 0 bridgehead atoms. The molecule has 0 heterocycles. The van der Waals surface area contributed by atoms with Crippen molar-refractivity contribution in [2.75, 3.05) is 39.6 Å². The van der Waals surface area contributed by atoms with Gasteiger partial charge in [0.25, 0.3) is 0 Å². The molecule has 0 radical (unpaired) electrons. The number of rotatable bonds is 65. The summed E-state index contributed by atoms with van der Waals surface area (Å²) in [4.78, 5) is 72.4. The van der Waals surface area contributed by atoms with Crippen LogP contribution < -0.4 is 0 Å². The Kier molecular flexibility index (Phi) is 57.9. The van der Waals surface area contributed by atoms with Gasteiger partial charge in [-0.05, 0) is 69.1 Å². The molecule has 0 fully saturated rings. The van der Waals surface area contributed by atoms with Crippen LogP contribution in [0.1, 0.15) is 318 Å². The van der Waals surface area contributed by atoms with E-state index in [-0.39, 0.29) is 25.7 Å². The molecule has 0 aromatic carbocycles. The van der Waals surface area contributed by atoms with Crippen LogP contribution >= 0.6 is 15.6 Å². The van der Waals surface area contributed by atoms with E-state index in [2.05, 4.69) is 72.8 Å². The molecule has 17 nitrogen and oxygen atoms in total. The molecular formula is C69H130O17P2. The minimum atomic E-state index is -4.96. The van der Waals surface area contributed by atoms with Crippen molar-refractivity contribution in [3.05, 3.63) is 24.3 Å². The summed E-state index contributed by atoms with van der Waals surface area (Å²) >= 11 is 0. The summed E-state index contributed by atoms with van der Waals surface area (Å²) in [5.74, 6) is 0.0326.